The molecule has 0 spiro atoms. The van der Waals surface area contributed by atoms with E-state index in [4.69, 9.17) is 0 Å². The summed E-state index contributed by atoms with van der Waals surface area (Å²) in [7, 11) is 2.19. The van der Waals surface area contributed by atoms with Crippen molar-refractivity contribution in [3.63, 3.8) is 0 Å². The summed E-state index contributed by atoms with van der Waals surface area (Å²) in [5.74, 6) is 1.25. The molecule has 0 bridgehead atoms. The summed E-state index contributed by atoms with van der Waals surface area (Å²) >= 11 is 0. The third-order valence-electron chi connectivity index (χ3n) is 5.72. The lowest BCUT2D eigenvalue weighted by Gasteiger charge is -2.30. The van der Waals surface area contributed by atoms with E-state index in [1.807, 2.05) is 0 Å². The van der Waals surface area contributed by atoms with Gasteiger partial charge in [-0.25, -0.2) is 0 Å². The highest BCUT2D eigenvalue weighted by Crippen LogP contribution is 2.51. The molecule has 5 rings (SSSR count). The van der Waals surface area contributed by atoms with E-state index in [9.17, 15) is 0 Å². The molecule has 0 aliphatic carbocycles. The van der Waals surface area contributed by atoms with Crippen molar-refractivity contribution in [1.29, 1.82) is 0 Å². The molecule has 0 fully saturated rings. The second-order valence-electron chi connectivity index (χ2n) is 7.26. The van der Waals surface area contributed by atoms with Crippen molar-refractivity contribution in [2.75, 3.05) is 16.8 Å². The highest BCUT2D eigenvalue weighted by atomic mass is 15.4. The number of nitrogens with zero attached hydrogens (tertiary/aromatic N) is 3. The first kappa shape index (κ1) is 16.0. The molecule has 3 heteroatoms. The van der Waals surface area contributed by atoms with Gasteiger partial charge in [0, 0.05) is 23.8 Å². The molecule has 1 aliphatic heterocycles. The first-order valence-electron chi connectivity index (χ1n) is 9.45. The number of anilines is 3. The van der Waals surface area contributed by atoms with E-state index >= 15 is 0 Å². The van der Waals surface area contributed by atoms with E-state index in [-0.39, 0.29) is 6.17 Å². The molecule has 2 heterocycles. The molecule has 0 radical (unpaired) electrons. The SMILES string of the molecule is Cc1ccccc1N1c2c(n(-c3ccccc3)c3ccccc23)N(C)[C@@H]1C. The van der Waals surface area contributed by atoms with Gasteiger partial charge in [-0.15, -0.1) is 0 Å². The smallest absolute Gasteiger partial charge is 0.140 e. The average molecular weight is 353 g/mol. The molecule has 27 heavy (non-hydrogen) atoms. The Balaban J connectivity index is 1.87. The highest BCUT2D eigenvalue weighted by Gasteiger charge is 2.38. The fourth-order valence-electron chi connectivity index (χ4n) is 4.30. The number of aromatic nitrogens is 1. The van der Waals surface area contributed by atoms with E-state index < -0.39 is 0 Å². The second-order valence-corrected chi connectivity index (χ2v) is 7.26. The lowest BCUT2D eigenvalue weighted by molar-refractivity contribution is 0.722. The Morgan fingerprint density at radius 2 is 1.44 bits per heavy atom. The fraction of sp³-hybridized carbons (Fsp3) is 0.167. The van der Waals surface area contributed by atoms with Gasteiger partial charge in [0.25, 0.3) is 0 Å². The van der Waals surface area contributed by atoms with Gasteiger partial charge in [0.1, 0.15) is 12.0 Å². The summed E-state index contributed by atoms with van der Waals surface area (Å²) in [4.78, 5) is 4.86. The highest BCUT2D eigenvalue weighted by molar-refractivity contribution is 6.06. The number of rotatable bonds is 2. The maximum Gasteiger partial charge on any atom is 0.140 e. The zero-order valence-corrected chi connectivity index (χ0v) is 15.9. The Morgan fingerprint density at radius 1 is 0.778 bits per heavy atom. The van der Waals surface area contributed by atoms with Crippen LogP contribution in [0.2, 0.25) is 0 Å². The van der Waals surface area contributed by atoms with Crippen LogP contribution in [0.1, 0.15) is 12.5 Å². The first-order chi connectivity index (χ1) is 13.2. The number of fused-ring (bicyclic) bond motifs is 3. The quantitative estimate of drug-likeness (QED) is 0.446. The van der Waals surface area contributed by atoms with Crippen molar-refractivity contribution in [3.8, 4) is 5.69 Å². The molecule has 1 atom stereocenters. The maximum atomic E-state index is 2.48. The molecule has 3 nitrogen and oxygen atoms in total. The average Bonchev–Trinajstić information content (AvgIpc) is 3.16. The van der Waals surface area contributed by atoms with Crippen molar-refractivity contribution in [3.05, 3.63) is 84.4 Å². The van der Waals surface area contributed by atoms with Crippen LogP contribution in [-0.4, -0.2) is 17.8 Å². The lowest BCUT2D eigenvalue weighted by atomic mass is 10.1. The van der Waals surface area contributed by atoms with Crippen LogP contribution in [0.15, 0.2) is 78.9 Å². The summed E-state index contributed by atoms with van der Waals surface area (Å²) in [5, 5.41) is 1.29. The van der Waals surface area contributed by atoms with Gasteiger partial charge in [0.05, 0.1) is 11.2 Å². The zero-order valence-electron chi connectivity index (χ0n) is 15.9. The van der Waals surface area contributed by atoms with E-state index in [1.165, 1.54) is 39.3 Å². The molecular weight excluding hydrogens is 330 g/mol. The third-order valence-corrected chi connectivity index (χ3v) is 5.72. The molecule has 3 aromatic carbocycles. The second kappa shape index (κ2) is 5.92. The van der Waals surface area contributed by atoms with E-state index in [2.05, 4.69) is 114 Å². The number of para-hydroxylation sites is 3. The zero-order chi connectivity index (χ0) is 18.5. The van der Waals surface area contributed by atoms with Crippen LogP contribution in [0.3, 0.4) is 0 Å². The summed E-state index contributed by atoms with van der Waals surface area (Å²) in [6.07, 6.45) is 0.246. The van der Waals surface area contributed by atoms with Crippen molar-refractivity contribution < 1.29 is 0 Å². The van der Waals surface area contributed by atoms with E-state index in [1.54, 1.807) is 0 Å². The number of hydrogen-bond donors (Lipinski definition) is 0. The monoisotopic (exact) mass is 353 g/mol. The summed E-state index contributed by atoms with van der Waals surface area (Å²) in [5.41, 5.74) is 6.29. The molecule has 134 valence electrons. The molecule has 4 aromatic rings. The molecule has 0 N–H and O–H groups in total. The minimum absolute atomic E-state index is 0.246. The summed E-state index contributed by atoms with van der Waals surface area (Å²) in [6, 6.07) is 28.0. The Hall–Kier alpha value is -3.20. The number of aryl methyl sites for hydroxylation is 1. The van der Waals surface area contributed by atoms with Gasteiger partial charge in [-0.2, -0.15) is 0 Å². The van der Waals surface area contributed by atoms with Gasteiger partial charge in [0.2, 0.25) is 0 Å². The van der Waals surface area contributed by atoms with Crippen LogP contribution in [0.5, 0.6) is 0 Å². The van der Waals surface area contributed by atoms with Crippen molar-refractivity contribution in [2.45, 2.75) is 20.0 Å². The van der Waals surface area contributed by atoms with Gasteiger partial charge in [-0.3, -0.25) is 4.57 Å². The predicted molar refractivity (Wildman–Crippen MR) is 114 cm³/mol. The minimum Gasteiger partial charge on any atom is -0.338 e. The van der Waals surface area contributed by atoms with Crippen molar-refractivity contribution >= 4 is 28.1 Å². The lowest BCUT2D eigenvalue weighted by Crippen LogP contribution is -2.36. The van der Waals surface area contributed by atoms with E-state index in [0.29, 0.717) is 0 Å². The van der Waals surface area contributed by atoms with E-state index in [0.717, 1.165) is 0 Å². The van der Waals surface area contributed by atoms with Crippen LogP contribution in [-0.2, 0) is 0 Å². The van der Waals surface area contributed by atoms with Crippen molar-refractivity contribution in [1.82, 2.24) is 4.57 Å². The number of hydrogen-bond acceptors (Lipinski definition) is 2. The standard InChI is InChI=1S/C24H23N3/c1-17-11-7-9-15-21(17)26-18(2)25(3)24-23(26)20-14-8-10-16-22(20)27(24)19-12-5-4-6-13-19/h4-16,18H,1-3H3/t18-/m0/s1. The topological polar surface area (TPSA) is 11.4 Å². The molecular formula is C24H23N3. The molecule has 1 aromatic heterocycles. The van der Waals surface area contributed by atoms with Crippen LogP contribution in [0.25, 0.3) is 16.6 Å². The molecule has 0 saturated carbocycles. The first-order valence-corrected chi connectivity index (χ1v) is 9.45. The third kappa shape index (κ3) is 2.21. The van der Waals surface area contributed by atoms with Gasteiger partial charge in [0.15, 0.2) is 0 Å². The van der Waals surface area contributed by atoms with Crippen molar-refractivity contribution in [2.24, 2.45) is 0 Å². The maximum absolute atomic E-state index is 2.48. The van der Waals surface area contributed by atoms with Crippen LogP contribution < -0.4 is 9.80 Å². The molecule has 0 amide bonds. The Morgan fingerprint density at radius 3 is 2.22 bits per heavy atom. The molecule has 0 saturated heterocycles. The predicted octanol–water partition coefficient (Wildman–Crippen LogP) is 5.87. The van der Waals surface area contributed by atoms with Crippen LogP contribution in [0, 0.1) is 6.92 Å². The minimum atomic E-state index is 0.246. The van der Waals surface area contributed by atoms with Gasteiger partial charge < -0.3 is 9.80 Å². The Bertz CT molecular complexity index is 1130. The Kier molecular flexibility index (Phi) is 3.51. The van der Waals surface area contributed by atoms with Gasteiger partial charge >= 0.3 is 0 Å². The van der Waals surface area contributed by atoms with Gasteiger partial charge in [-0.1, -0.05) is 54.6 Å². The van der Waals surface area contributed by atoms with Crippen LogP contribution >= 0.6 is 0 Å². The summed E-state index contributed by atoms with van der Waals surface area (Å²) < 4.78 is 2.39. The van der Waals surface area contributed by atoms with Crippen LogP contribution in [0.4, 0.5) is 17.2 Å². The van der Waals surface area contributed by atoms with Gasteiger partial charge in [-0.05, 0) is 43.7 Å². The molecule has 0 unspecified atom stereocenters. The normalized spacial score (nSPS) is 16.2. The Labute approximate surface area is 160 Å². The number of benzene rings is 3. The fourth-order valence-corrected chi connectivity index (χ4v) is 4.30. The summed E-state index contributed by atoms with van der Waals surface area (Å²) in [6.45, 7) is 4.47. The molecule has 1 aliphatic rings. The largest absolute Gasteiger partial charge is 0.338 e.